The lowest BCUT2D eigenvalue weighted by Gasteiger charge is -2.40. The minimum Gasteiger partial charge on any atom is -0.496 e. The fraction of sp³-hybridized carbons (Fsp3) is 0.316. The smallest absolute Gasteiger partial charge is 0.200 e. The first-order valence-electron chi connectivity index (χ1n) is 8.06. The Morgan fingerprint density at radius 2 is 1.96 bits per heavy atom. The highest BCUT2D eigenvalue weighted by molar-refractivity contribution is 5.98. The Hall–Kier alpha value is -2.57. The fourth-order valence-corrected chi connectivity index (χ4v) is 3.49. The maximum absolute atomic E-state index is 13.0. The van der Waals surface area contributed by atoms with Gasteiger partial charge in [-0.1, -0.05) is 12.1 Å². The number of benzene rings is 2. The van der Waals surface area contributed by atoms with Gasteiger partial charge in [-0.25, -0.2) is 0 Å². The molecule has 0 aliphatic carbocycles. The molecule has 3 N–H and O–H groups in total. The number of fused-ring (bicyclic) bond motifs is 4. The standard InChI is InChI=1S/C19H19NO5/c1-19(2)18(23)17(22)14-12(25-19)8-11(24-3)13-15(14)20-10-7-5-4-6-9(10)16(13)21/h4-8,17-18,22-23H,1-3H3,(H,20,21)/t17-,18+/m1/s1. The zero-order valence-electron chi connectivity index (χ0n) is 14.2. The van der Waals surface area contributed by atoms with E-state index < -0.39 is 17.8 Å². The van der Waals surface area contributed by atoms with Gasteiger partial charge in [0.25, 0.3) is 0 Å². The molecule has 1 aliphatic rings. The Morgan fingerprint density at radius 3 is 2.68 bits per heavy atom. The lowest BCUT2D eigenvalue weighted by Crippen LogP contribution is -2.48. The number of pyridine rings is 1. The summed E-state index contributed by atoms with van der Waals surface area (Å²) in [5, 5.41) is 22.0. The summed E-state index contributed by atoms with van der Waals surface area (Å²) in [4.78, 5) is 16.2. The molecule has 1 aliphatic heterocycles. The third-order valence-electron chi connectivity index (χ3n) is 4.85. The molecule has 25 heavy (non-hydrogen) atoms. The second-order valence-electron chi connectivity index (χ2n) is 6.84. The molecule has 0 bridgehead atoms. The largest absolute Gasteiger partial charge is 0.496 e. The van der Waals surface area contributed by atoms with Gasteiger partial charge in [-0.2, -0.15) is 0 Å². The molecule has 1 aromatic heterocycles. The minimum absolute atomic E-state index is 0.199. The summed E-state index contributed by atoms with van der Waals surface area (Å²) in [7, 11) is 1.48. The highest BCUT2D eigenvalue weighted by Gasteiger charge is 2.43. The van der Waals surface area contributed by atoms with Crippen molar-refractivity contribution in [3.8, 4) is 11.5 Å². The number of hydrogen-bond acceptors (Lipinski definition) is 5. The molecule has 0 amide bonds. The van der Waals surface area contributed by atoms with Crippen molar-refractivity contribution >= 4 is 21.8 Å². The van der Waals surface area contributed by atoms with Gasteiger partial charge >= 0.3 is 0 Å². The third kappa shape index (κ3) is 2.14. The average molecular weight is 341 g/mol. The summed E-state index contributed by atoms with van der Waals surface area (Å²) in [6.45, 7) is 3.40. The van der Waals surface area contributed by atoms with Crippen molar-refractivity contribution in [2.75, 3.05) is 7.11 Å². The van der Waals surface area contributed by atoms with Crippen LogP contribution < -0.4 is 14.9 Å². The Balaban J connectivity index is 2.19. The summed E-state index contributed by atoms with van der Waals surface area (Å²) < 4.78 is 11.3. The van der Waals surface area contributed by atoms with E-state index in [2.05, 4.69) is 4.98 Å². The summed E-state index contributed by atoms with van der Waals surface area (Å²) in [6, 6.07) is 8.73. The number of nitrogens with one attached hydrogen (secondary N) is 1. The number of aliphatic hydroxyl groups is 2. The molecule has 0 spiro atoms. The average Bonchev–Trinajstić information content (AvgIpc) is 2.58. The van der Waals surface area contributed by atoms with Gasteiger partial charge in [-0.3, -0.25) is 4.79 Å². The van der Waals surface area contributed by atoms with Gasteiger partial charge in [0.2, 0.25) is 5.43 Å². The van der Waals surface area contributed by atoms with Crippen LogP contribution >= 0.6 is 0 Å². The highest BCUT2D eigenvalue weighted by atomic mass is 16.5. The highest BCUT2D eigenvalue weighted by Crippen LogP contribution is 2.45. The molecule has 2 atom stereocenters. The van der Waals surface area contributed by atoms with E-state index in [0.29, 0.717) is 38.9 Å². The normalized spacial score (nSPS) is 21.8. The van der Waals surface area contributed by atoms with E-state index in [9.17, 15) is 15.0 Å². The number of para-hydroxylation sites is 1. The number of rotatable bonds is 1. The summed E-state index contributed by atoms with van der Waals surface area (Å²) in [5.41, 5.74) is 0.255. The third-order valence-corrected chi connectivity index (χ3v) is 4.85. The van der Waals surface area contributed by atoms with E-state index in [1.54, 1.807) is 38.1 Å². The zero-order valence-corrected chi connectivity index (χ0v) is 14.2. The second-order valence-corrected chi connectivity index (χ2v) is 6.84. The molecular formula is C19H19NO5. The lowest BCUT2D eigenvalue weighted by atomic mass is 9.87. The molecule has 0 fully saturated rings. The molecule has 130 valence electrons. The van der Waals surface area contributed by atoms with E-state index in [1.807, 2.05) is 6.07 Å². The molecule has 0 radical (unpaired) electrons. The molecule has 0 saturated carbocycles. The lowest BCUT2D eigenvalue weighted by molar-refractivity contribution is -0.111. The van der Waals surface area contributed by atoms with Gasteiger partial charge in [-0.05, 0) is 26.0 Å². The van der Waals surface area contributed by atoms with Gasteiger partial charge in [0, 0.05) is 22.5 Å². The van der Waals surface area contributed by atoms with Crippen LogP contribution in [-0.4, -0.2) is 34.0 Å². The van der Waals surface area contributed by atoms with Gasteiger partial charge in [-0.15, -0.1) is 0 Å². The van der Waals surface area contributed by atoms with Crippen molar-refractivity contribution in [3.63, 3.8) is 0 Å². The molecule has 0 unspecified atom stereocenters. The van der Waals surface area contributed by atoms with E-state index in [-0.39, 0.29) is 5.43 Å². The van der Waals surface area contributed by atoms with E-state index in [4.69, 9.17) is 9.47 Å². The number of aromatic nitrogens is 1. The second kappa shape index (κ2) is 5.21. The Bertz CT molecular complexity index is 1050. The van der Waals surface area contributed by atoms with Crippen LogP contribution in [0.25, 0.3) is 21.8 Å². The van der Waals surface area contributed by atoms with E-state index in [1.165, 1.54) is 7.11 Å². The van der Waals surface area contributed by atoms with Gasteiger partial charge in [0.1, 0.15) is 29.3 Å². The summed E-state index contributed by atoms with van der Waals surface area (Å²) >= 11 is 0. The van der Waals surface area contributed by atoms with Crippen LogP contribution in [0.2, 0.25) is 0 Å². The molecule has 3 aromatic rings. The predicted molar refractivity (Wildman–Crippen MR) is 94.3 cm³/mol. The van der Waals surface area contributed by atoms with Crippen molar-refractivity contribution in [1.29, 1.82) is 0 Å². The van der Waals surface area contributed by atoms with E-state index >= 15 is 0 Å². The van der Waals surface area contributed by atoms with Crippen molar-refractivity contribution in [1.82, 2.24) is 4.98 Å². The van der Waals surface area contributed by atoms with Crippen molar-refractivity contribution in [2.24, 2.45) is 0 Å². The number of ether oxygens (including phenoxy) is 2. The number of aromatic amines is 1. The van der Waals surface area contributed by atoms with Crippen LogP contribution in [0, 0.1) is 0 Å². The zero-order chi connectivity index (χ0) is 17.9. The molecule has 0 saturated heterocycles. The van der Waals surface area contributed by atoms with Gasteiger partial charge in [0.15, 0.2) is 0 Å². The minimum atomic E-state index is -1.19. The number of H-pyrrole nitrogens is 1. The van der Waals surface area contributed by atoms with Crippen molar-refractivity contribution < 1.29 is 19.7 Å². The monoisotopic (exact) mass is 341 g/mol. The summed E-state index contributed by atoms with van der Waals surface area (Å²) in [5.74, 6) is 0.748. The molecule has 4 rings (SSSR count). The Kier molecular flexibility index (Phi) is 3.32. The van der Waals surface area contributed by atoms with Gasteiger partial charge < -0.3 is 24.7 Å². The molecule has 2 aromatic carbocycles. The topological polar surface area (TPSA) is 91.8 Å². The van der Waals surface area contributed by atoms with Gasteiger partial charge in [0.05, 0.1) is 18.0 Å². The van der Waals surface area contributed by atoms with E-state index in [0.717, 1.165) is 0 Å². The Labute approximate surface area is 143 Å². The van der Waals surface area contributed by atoms with Crippen LogP contribution in [0.15, 0.2) is 35.1 Å². The molecule has 2 heterocycles. The molecule has 6 nitrogen and oxygen atoms in total. The Morgan fingerprint density at radius 1 is 1.24 bits per heavy atom. The summed E-state index contributed by atoms with van der Waals surface area (Å²) in [6.07, 6.45) is -2.32. The van der Waals surface area contributed by atoms with Crippen LogP contribution in [-0.2, 0) is 0 Å². The number of methoxy groups -OCH3 is 1. The SMILES string of the molecule is COc1cc2c(c3[nH]c4ccccc4c(=O)c13)[C@@H](O)[C@H](O)C(C)(C)O2. The quantitative estimate of drug-likeness (QED) is 0.591. The van der Waals surface area contributed by atoms with Crippen LogP contribution in [0.3, 0.4) is 0 Å². The number of aliphatic hydroxyl groups excluding tert-OH is 2. The first kappa shape index (κ1) is 15.9. The van der Waals surface area contributed by atoms with Crippen LogP contribution in [0.1, 0.15) is 25.5 Å². The first-order chi connectivity index (χ1) is 11.8. The van der Waals surface area contributed by atoms with Crippen molar-refractivity contribution in [2.45, 2.75) is 31.7 Å². The maximum atomic E-state index is 13.0. The molecular weight excluding hydrogens is 322 g/mol. The predicted octanol–water partition coefficient (Wildman–Crippen LogP) is 2.26. The van der Waals surface area contributed by atoms with Crippen molar-refractivity contribution in [3.05, 3.63) is 46.1 Å². The van der Waals surface area contributed by atoms with Crippen LogP contribution in [0.5, 0.6) is 11.5 Å². The molecule has 6 heteroatoms. The number of hydrogen-bond donors (Lipinski definition) is 3. The van der Waals surface area contributed by atoms with Crippen LogP contribution in [0.4, 0.5) is 0 Å². The first-order valence-corrected chi connectivity index (χ1v) is 8.06. The fourth-order valence-electron chi connectivity index (χ4n) is 3.49. The maximum Gasteiger partial charge on any atom is 0.200 e.